The number of hydrogen-bond acceptors (Lipinski definition) is 9. The molecule has 0 aromatic heterocycles. The minimum absolute atomic E-state index is 0.00138. The summed E-state index contributed by atoms with van der Waals surface area (Å²) in [5, 5.41) is 25.6. The van der Waals surface area contributed by atoms with Gasteiger partial charge < -0.3 is 15.3 Å². The molecule has 0 aliphatic carbocycles. The number of hydrogen-bond donors (Lipinski definition) is 3. The van der Waals surface area contributed by atoms with Crippen molar-refractivity contribution in [3.05, 3.63) is 68.9 Å². The molecule has 0 atom stereocenters. The number of carboxylic acids is 2. The molecule has 2 saturated heterocycles. The Labute approximate surface area is 278 Å². The number of amides is 4. The molecule has 11 nitrogen and oxygen atoms in total. The molecule has 220 valence electrons. The highest BCUT2D eigenvalue weighted by Gasteiger charge is 2.37. The fraction of sp³-hybridized carbons (Fsp3) is 0.120. The van der Waals surface area contributed by atoms with Crippen LogP contribution in [0.25, 0.3) is 12.2 Å². The number of aromatic hydroxyl groups is 1. The third-order valence-corrected chi connectivity index (χ3v) is 9.61. The number of carbonyl (C=O) groups is 6. The second-order valence-electron chi connectivity index (χ2n) is 8.27. The lowest BCUT2D eigenvalue weighted by molar-refractivity contribution is -0.140. The van der Waals surface area contributed by atoms with Gasteiger partial charge in [-0.05, 0) is 106 Å². The molecule has 0 radical (unpaired) electrons. The van der Waals surface area contributed by atoms with Crippen LogP contribution in [-0.2, 0) is 19.2 Å². The van der Waals surface area contributed by atoms with Crippen molar-refractivity contribution in [2.75, 3.05) is 13.1 Å². The summed E-state index contributed by atoms with van der Waals surface area (Å²) in [6.45, 7) is 0.659. The van der Waals surface area contributed by atoms with Crippen LogP contribution in [0.3, 0.4) is 0 Å². The largest absolute Gasteiger partial charge is 0.505 e. The first-order chi connectivity index (χ1) is 19.6. The fourth-order valence-electron chi connectivity index (χ4n) is 3.26. The van der Waals surface area contributed by atoms with Crippen molar-refractivity contribution in [2.24, 2.45) is 0 Å². The molecule has 2 heterocycles. The zero-order chi connectivity index (χ0) is 31.5. The summed E-state index contributed by atoms with van der Waals surface area (Å²) < 4.78 is 1.93. The number of nitrogens with zero attached hydrogens (tertiary/aromatic N) is 2. The Bertz CT molecular complexity index is 1450. The number of benzene rings is 2. The summed E-state index contributed by atoms with van der Waals surface area (Å²) >= 11 is 18.5. The van der Waals surface area contributed by atoms with E-state index < -0.39 is 47.3 Å². The second kappa shape index (κ2) is 14.3. The third-order valence-electron chi connectivity index (χ3n) is 5.27. The van der Waals surface area contributed by atoms with Gasteiger partial charge in [-0.25, -0.2) is 0 Å². The van der Waals surface area contributed by atoms with Crippen LogP contribution in [0.15, 0.2) is 38.5 Å². The van der Waals surface area contributed by atoms with Crippen molar-refractivity contribution < 1.29 is 44.1 Å². The summed E-state index contributed by atoms with van der Waals surface area (Å²) in [6.07, 6.45) is 2.95. The Morgan fingerprint density at radius 2 is 1.26 bits per heavy atom. The van der Waals surface area contributed by atoms with Crippen LogP contribution in [0.4, 0.5) is 9.59 Å². The maximum absolute atomic E-state index is 12.0. The lowest BCUT2D eigenvalue weighted by Crippen LogP contribution is -2.33. The van der Waals surface area contributed by atoms with E-state index in [-0.39, 0.29) is 25.6 Å². The topological polar surface area (TPSA) is 170 Å². The van der Waals surface area contributed by atoms with Gasteiger partial charge in [0, 0.05) is 8.04 Å². The monoisotopic (exact) mass is 828 g/mol. The number of aliphatic carboxylic acids is 2. The molecule has 0 bridgehead atoms. The van der Waals surface area contributed by atoms with E-state index in [0.29, 0.717) is 22.2 Å². The Morgan fingerprint density at radius 3 is 1.64 bits per heavy atom. The summed E-state index contributed by atoms with van der Waals surface area (Å²) in [4.78, 5) is 70.1. The zero-order valence-electron chi connectivity index (χ0n) is 20.9. The normalized spacial score (nSPS) is 16.9. The summed E-state index contributed by atoms with van der Waals surface area (Å²) in [6, 6.07) is 6.48. The quantitative estimate of drug-likeness (QED) is 0.221. The highest BCUT2D eigenvalue weighted by atomic mass is 127. The van der Waals surface area contributed by atoms with Crippen molar-refractivity contribution in [3.8, 4) is 5.75 Å². The minimum atomic E-state index is -1.28. The van der Waals surface area contributed by atoms with Crippen molar-refractivity contribution in [1.82, 2.24) is 9.80 Å². The molecule has 2 aliphatic heterocycles. The van der Waals surface area contributed by atoms with Crippen molar-refractivity contribution in [2.45, 2.75) is 6.92 Å². The molecule has 0 saturated carbocycles. The standard InChI is InChI=1S/C13H9BrINO4S.C12H7Cl2NO5S/c1-6-8(14)2-7(3-9(6)15)4-10-12(19)16(5-11(17)18)13(20)21-10;13-6-1-5(2-7(14)10(6)18)3-8-11(19)15(4-9(16)17)12(20)21-8/h2-4H,5H2,1H3,(H,17,18);1-3,18H,4H2,(H,16,17)/b10-4-;8-3-. The maximum atomic E-state index is 12.0. The van der Waals surface area contributed by atoms with Crippen molar-refractivity contribution >= 4 is 132 Å². The van der Waals surface area contributed by atoms with Gasteiger partial charge >= 0.3 is 11.9 Å². The molecule has 4 amide bonds. The molecule has 4 rings (SSSR count). The van der Waals surface area contributed by atoms with E-state index in [4.69, 9.17) is 33.4 Å². The molecule has 0 spiro atoms. The van der Waals surface area contributed by atoms with Gasteiger partial charge in [0.1, 0.15) is 13.1 Å². The molecule has 2 aromatic rings. The van der Waals surface area contributed by atoms with Crippen LogP contribution < -0.4 is 0 Å². The van der Waals surface area contributed by atoms with E-state index in [2.05, 4.69) is 38.5 Å². The van der Waals surface area contributed by atoms with E-state index in [1.165, 1.54) is 18.2 Å². The number of carboxylic acid groups (broad SMARTS) is 2. The lowest BCUT2D eigenvalue weighted by atomic mass is 10.1. The van der Waals surface area contributed by atoms with E-state index in [1.807, 2.05) is 19.1 Å². The Morgan fingerprint density at radius 1 is 0.857 bits per heavy atom. The van der Waals surface area contributed by atoms with Gasteiger partial charge in [0.2, 0.25) is 0 Å². The van der Waals surface area contributed by atoms with Crippen LogP contribution >= 0.6 is 85.2 Å². The molecule has 2 aliphatic rings. The highest BCUT2D eigenvalue weighted by molar-refractivity contribution is 14.1. The van der Waals surface area contributed by atoms with Gasteiger partial charge in [-0.2, -0.15) is 0 Å². The van der Waals surface area contributed by atoms with Crippen LogP contribution in [0.5, 0.6) is 5.75 Å². The van der Waals surface area contributed by atoms with Gasteiger partial charge in [0.05, 0.1) is 19.9 Å². The number of halogens is 4. The molecule has 2 fully saturated rings. The number of rotatable bonds is 6. The Hall–Kier alpha value is -2.57. The van der Waals surface area contributed by atoms with Crippen LogP contribution in [0.1, 0.15) is 16.7 Å². The smallest absolute Gasteiger partial charge is 0.323 e. The predicted molar refractivity (Wildman–Crippen MR) is 170 cm³/mol. The van der Waals surface area contributed by atoms with Gasteiger partial charge in [-0.3, -0.25) is 38.6 Å². The minimum Gasteiger partial charge on any atom is -0.505 e. The van der Waals surface area contributed by atoms with Crippen LogP contribution in [-0.4, -0.2) is 72.4 Å². The Kier molecular flexibility index (Phi) is 11.5. The van der Waals surface area contributed by atoms with Crippen molar-refractivity contribution in [1.29, 1.82) is 0 Å². The van der Waals surface area contributed by atoms with E-state index in [0.717, 1.165) is 35.8 Å². The van der Waals surface area contributed by atoms with E-state index >= 15 is 0 Å². The van der Waals surface area contributed by atoms with Crippen LogP contribution in [0.2, 0.25) is 10.0 Å². The van der Waals surface area contributed by atoms with Gasteiger partial charge in [0.15, 0.2) is 5.75 Å². The van der Waals surface area contributed by atoms with Gasteiger partial charge in [-0.1, -0.05) is 39.1 Å². The molecule has 3 N–H and O–H groups in total. The molecular weight excluding hydrogens is 814 g/mol. The maximum Gasteiger partial charge on any atom is 0.323 e. The highest BCUT2D eigenvalue weighted by Crippen LogP contribution is 2.37. The Balaban J connectivity index is 0.000000230. The number of carbonyl (C=O) groups excluding carboxylic acids is 4. The first-order valence-electron chi connectivity index (χ1n) is 11.2. The molecular formula is C25H16BrCl2IN2O9S2. The van der Waals surface area contributed by atoms with Crippen LogP contribution in [0, 0.1) is 10.5 Å². The average molecular weight is 830 g/mol. The average Bonchev–Trinajstić information content (AvgIpc) is 3.29. The molecule has 2 aromatic carbocycles. The van der Waals surface area contributed by atoms with Crippen molar-refractivity contribution in [3.63, 3.8) is 0 Å². The second-order valence-corrected chi connectivity index (χ2v) is 13.1. The molecule has 17 heteroatoms. The van der Waals surface area contributed by atoms with Gasteiger partial charge in [-0.15, -0.1) is 0 Å². The lowest BCUT2D eigenvalue weighted by Gasteiger charge is -2.08. The number of phenolic OH excluding ortho intramolecular Hbond substituents is 1. The summed E-state index contributed by atoms with van der Waals surface area (Å²) in [5.74, 6) is -4.05. The predicted octanol–water partition coefficient (Wildman–Crippen LogP) is 6.30. The SMILES string of the molecule is Cc1c(Br)cc(/C=C2\SC(=O)N(CC(=O)O)C2=O)cc1I.O=C(O)CN1C(=O)S/C(=C\c2cc(Cl)c(O)c(Cl)c2)C1=O. The number of phenols is 1. The molecule has 42 heavy (non-hydrogen) atoms. The fourth-order valence-corrected chi connectivity index (χ4v) is 6.94. The first-order valence-corrected chi connectivity index (χ1v) is 15.4. The zero-order valence-corrected chi connectivity index (χ0v) is 27.8. The number of thioether (sulfide) groups is 2. The summed E-state index contributed by atoms with van der Waals surface area (Å²) in [5.41, 5.74) is 2.27. The molecule has 0 unspecified atom stereocenters. The first kappa shape index (κ1) is 33.9. The van der Waals surface area contributed by atoms with E-state index in [1.54, 1.807) is 6.08 Å². The number of imide groups is 2. The summed E-state index contributed by atoms with van der Waals surface area (Å²) in [7, 11) is 0. The van der Waals surface area contributed by atoms with E-state index in [9.17, 15) is 33.9 Å². The third kappa shape index (κ3) is 8.29. The van der Waals surface area contributed by atoms with Gasteiger partial charge in [0.25, 0.3) is 22.3 Å².